The van der Waals surface area contributed by atoms with Gasteiger partial charge in [-0.25, -0.2) is 4.39 Å². The number of benzene rings is 1. The molecule has 0 saturated heterocycles. The number of hydrogen-bond acceptors (Lipinski definition) is 2. The van der Waals surface area contributed by atoms with Crippen molar-refractivity contribution in [3.8, 4) is 5.75 Å². The topological polar surface area (TPSA) is 35.2 Å². The van der Waals surface area contributed by atoms with Crippen molar-refractivity contribution in [1.29, 1.82) is 0 Å². The number of methoxy groups -OCH3 is 1. The van der Waals surface area contributed by atoms with Gasteiger partial charge in [-0.05, 0) is 37.0 Å². The molecule has 1 aromatic rings. The van der Waals surface area contributed by atoms with Gasteiger partial charge < -0.3 is 10.5 Å². The van der Waals surface area contributed by atoms with Crippen LogP contribution in [0.1, 0.15) is 18.4 Å². The molecule has 0 unspecified atom stereocenters. The van der Waals surface area contributed by atoms with Crippen LogP contribution in [0.3, 0.4) is 0 Å². The van der Waals surface area contributed by atoms with Crippen LogP contribution >= 0.6 is 0 Å². The summed E-state index contributed by atoms with van der Waals surface area (Å²) in [6.45, 7) is 0. The van der Waals surface area contributed by atoms with E-state index in [4.69, 9.17) is 10.5 Å². The third kappa shape index (κ3) is 1.87. The first-order valence-electron chi connectivity index (χ1n) is 4.74. The van der Waals surface area contributed by atoms with Crippen LogP contribution in [0.15, 0.2) is 18.2 Å². The lowest BCUT2D eigenvalue weighted by Gasteiger charge is -2.09. The Bertz CT molecular complexity index is 347. The van der Waals surface area contributed by atoms with Crippen LogP contribution in [0.5, 0.6) is 5.75 Å². The third-order valence-electron chi connectivity index (χ3n) is 2.66. The zero-order valence-electron chi connectivity index (χ0n) is 8.22. The highest BCUT2D eigenvalue weighted by Gasteiger charge is 2.37. The summed E-state index contributed by atoms with van der Waals surface area (Å²) in [4.78, 5) is 0. The van der Waals surface area contributed by atoms with E-state index in [-0.39, 0.29) is 17.1 Å². The Morgan fingerprint density at radius 2 is 2.21 bits per heavy atom. The third-order valence-corrected chi connectivity index (χ3v) is 2.66. The molecule has 0 spiro atoms. The summed E-state index contributed by atoms with van der Waals surface area (Å²) in [5.74, 6) is -0.0233. The van der Waals surface area contributed by atoms with Gasteiger partial charge in [0.25, 0.3) is 0 Å². The summed E-state index contributed by atoms with van der Waals surface area (Å²) < 4.78 is 18.1. The largest absolute Gasteiger partial charge is 0.494 e. The van der Waals surface area contributed by atoms with Gasteiger partial charge in [-0.2, -0.15) is 0 Å². The molecular formula is C11H14FNO. The summed E-state index contributed by atoms with van der Waals surface area (Å²) >= 11 is 0. The second-order valence-electron chi connectivity index (χ2n) is 4.01. The number of nitrogens with two attached hydrogens (primary N) is 1. The number of rotatable bonds is 3. The zero-order valence-corrected chi connectivity index (χ0v) is 8.22. The molecule has 0 amide bonds. The minimum absolute atomic E-state index is 0.0684. The lowest BCUT2D eigenvalue weighted by atomic mass is 10.0. The van der Waals surface area contributed by atoms with Gasteiger partial charge in [0.05, 0.1) is 7.11 Å². The van der Waals surface area contributed by atoms with Crippen LogP contribution in [-0.4, -0.2) is 12.6 Å². The van der Waals surface area contributed by atoms with Crippen LogP contribution < -0.4 is 10.5 Å². The first-order valence-corrected chi connectivity index (χ1v) is 4.74. The van der Waals surface area contributed by atoms with Crippen molar-refractivity contribution in [2.24, 2.45) is 5.73 Å². The Morgan fingerprint density at radius 1 is 1.50 bits per heavy atom. The summed E-state index contributed by atoms with van der Waals surface area (Å²) in [5.41, 5.74) is 6.82. The van der Waals surface area contributed by atoms with Crippen LogP contribution in [0.2, 0.25) is 0 Å². The summed E-state index contributed by atoms with van der Waals surface area (Å²) in [5, 5.41) is 0. The first kappa shape index (κ1) is 9.46. The van der Waals surface area contributed by atoms with E-state index in [0.29, 0.717) is 0 Å². The molecule has 14 heavy (non-hydrogen) atoms. The molecule has 1 aliphatic carbocycles. The van der Waals surface area contributed by atoms with Crippen molar-refractivity contribution >= 4 is 0 Å². The van der Waals surface area contributed by atoms with Gasteiger partial charge in [-0.3, -0.25) is 0 Å². The Hall–Kier alpha value is -1.09. The Morgan fingerprint density at radius 3 is 2.71 bits per heavy atom. The second-order valence-corrected chi connectivity index (χ2v) is 4.01. The lowest BCUT2D eigenvalue weighted by molar-refractivity contribution is 0.386. The molecule has 1 fully saturated rings. The fraction of sp³-hybridized carbons (Fsp3) is 0.455. The maximum atomic E-state index is 13.3. The van der Waals surface area contributed by atoms with Gasteiger partial charge in [0, 0.05) is 5.54 Å². The minimum Gasteiger partial charge on any atom is -0.494 e. The zero-order chi connectivity index (χ0) is 10.2. The minimum atomic E-state index is -0.311. The maximum Gasteiger partial charge on any atom is 0.165 e. The van der Waals surface area contributed by atoms with Gasteiger partial charge in [0.2, 0.25) is 0 Å². The number of halogens is 1. The van der Waals surface area contributed by atoms with Crippen molar-refractivity contribution in [2.45, 2.75) is 24.8 Å². The molecule has 1 saturated carbocycles. The molecule has 0 bridgehead atoms. The molecule has 1 aliphatic rings. The SMILES string of the molecule is COc1ccc(CC2(N)CC2)cc1F. The summed E-state index contributed by atoms with van der Waals surface area (Å²) in [6.07, 6.45) is 2.84. The average molecular weight is 195 g/mol. The van der Waals surface area contributed by atoms with E-state index in [1.807, 2.05) is 6.07 Å². The van der Waals surface area contributed by atoms with Crippen molar-refractivity contribution < 1.29 is 9.13 Å². The van der Waals surface area contributed by atoms with Crippen LogP contribution in [0, 0.1) is 5.82 Å². The predicted octanol–water partition coefficient (Wildman–Crippen LogP) is 1.87. The number of hydrogen-bond donors (Lipinski definition) is 1. The highest BCUT2D eigenvalue weighted by molar-refractivity contribution is 5.31. The molecule has 2 rings (SSSR count). The fourth-order valence-corrected chi connectivity index (χ4v) is 1.56. The van der Waals surface area contributed by atoms with E-state index in [2.05, 4.69) is 0 Å². The smallest absolute Gasteiger partial charge is 0.165 e. The fourth-order valence-electron chi connectivity index (χ4n) is 1.56. The van der Waals surface area contributed by atoms with E-state index in [1.165, 1.54) is 13.2 Å². The van der Waals surface area contributed by atoms with E-state index in [0.717, 1.165) is 24.8 Å². The molecule has 2 nitrogen and oxygen atoms in total. The van der Waals surface area contributed by atoms with Crippen molar-refractivity contribution in [2.75, 3.05) is 7.11 Å². The molecule has 3 heteroatoms. The molecule has 0 radical (unpaired) electrons. The first-order chi connectivity index (χ1) is 6.63. The average Bonchev–Trinajstić information content (AvgIpc) is 2.84. The van der Waals surface area contributed by atoms with Crippen molar-refractivity contribution in [1.82, 2.24) is 0 Å². The predicted molar refractivity (Wildman–Crippen MR) is 52.8 cm³/mol. The Balaban J connectivity index is 2.15. The van der Waals surface area contributed by atoms with E-state index < -0.39 is 0 Å². The standard InChI is InChI=1S/C11H14FNO/c1-14-10-3-2-8(6-9(10)12)7-11(13)4-5-11/h2-3,6H,4-5,7,13H2,1H3. The van der Waals surface area contributed by atoms with E-state index >= 15 is 0 Å². The van der Waals surface area contributed by atoms with Gasteiger partial charge >= 0.3 is 0 Å². The quantitative estimate of drug-likeness (QED) is 0.799. The molecule has 0 heterocycles. The Labute approximate surface area is 82.9 Å². The van der Waals surface area contributed by atoms with Crippen LogP contribution in [0.4, 0.5) is 4.39 Å². The van der Waals surface area contributed by atoms with Crippen LogP contribution in [0.25, 0.3) is 0 Å². The van der Waals surface area contributed by atoms with Gasteiger partial charge in [-0.15, -0.1) is 0 Å². The monoisotopic (exact) mass is 195 g/mol. The molecule has 0 aliphatic heterocycles. The highest BCUT2D eigenvalue weighted by Crippen LogP contribution is 2.36. The van der Waals surface area contributed by atoms with Gasteiger partial charge in [0.15, 0.2) is 11.6 Å². The van der Waals surface area contributed by atoms with E-state index in [9.17, 15) is 4.39 Å². The summed E-state index contributed by atoms with van der Waals surface area (Å²) in [6, 6.07) is 5.02. The number of ether oxygens (including phenoxy) is 1. The normalized spacial score (nSPS) is 17.9. The second kappa shape index (κ2) is 3.24. The van der Waals surface area contributed by atoms with Crippen molar-refractivity contribution in [3.05, 3.63) is 29.6 Å². The van der Waals surface area contributed by atoms with Crippen LogP contribution in [-0.2, 0) is 6.42 Å². The molecule has 0 aromatic heterocycles. The van der Waals surface area contributed by atoms with Gasteiger partial charge in [0.1, 0.15) is 0 Å². The maximum absolute atomic E-state index is 13.3. The summed E-state index contributed by atoms with van der Waals surface area (Å²) in [7, 11) is 1.46. The Kier molecular flexibility index (Phi) is 2.19. The molecule has 0 atom stereocenters. The molecule has 76 valence electrons. The van der Waals surface area contributed by atoms with E-state index in [1.54, 1.807) is 6.07 Å². The van der Waals surface area contributed by atoms with Crippen molar-refractivity contribution in [3.63, 3.8) is 0 Å². The molecule has 1 aromatic carbocycles. The van der Waals surface area contributed by atoms with Gasteiger partial charge in [-0.1, -0.05) is 6.07 Å². The lowest BCUT2D eigenvalue weighted by Crippen LogP contribution is -2.24. The molecular weight excluding hydrogens is 181 g/mol. The highest BCUT2D eigenvalue weighted by atomic mass is 19.1. The molecule has 2 N–H and O–H groups in total.